The van der Waals surface area contributed by atoms with E-state index in [2.05, 4.69) is 32.9 Å². The molecular weight excluding hydrogens is 433 g/mol. The fourth-order valence-electron chi connectivity index (χ4n) is 5.02. The zero-order valence-electron chi connectivity index (χ0n) is 20.1. The monoisotopic (exact) mass is 465 g/mol. The molecule has 3 atom stereocenters. The highest BCUT2D eigenvalue weighted by Crippen LogP contribution is 2.37. The molecule has 2 aromatic rings. The Morgan fingerprint density at radius 1 is 1.18 bits per heavy atom. The average Bonchev–Trinajstić information content (AvgIpc) is 3.32. The maximum absolute atomic E-state index is 13.6. The molecule has 0 radical (unpaired) electrons. The predicted molar refractivity (Wildman–Crippen MR) is 130 cm³/mol. The van der Waals surface area contributed by atoms with Crippen LogP contribution in [0, 0.1) is 11.7 Å². The van der Waals surface area contributed by atoms with Crippen LogP contribution in [0.3, 0.4) is 0 Å². The van der Waals surface area contributed by atoms with Gasteiger partial charge in [0.1, 0.15) is 11.7 Å². The maximum atomic E-state index is 13.6. The Balaban J connectivity index is 1.47. The lowest BCUT2D eigenvalue weighted by atomic mass is 9.89. The third kappa shape index (κ3) is 4.82. The highest BCUT2D eigenvalue weighted by molar-refractivity contribution is 6.08. The molecule has 7 nitrogen and oxygen atoms in total. The van der Waals surface area contributed by atoms with Gasteiger partial charge in [-0.25, -0.2) is 4.39 Å². The first kappa shape index (κ1) is 23.9. The van der Waals surface area contributed by atoms with Crippen molar-refractivity contribution >= 4 is 17.6 Å². The SMILES string of the molecule is CN(C)CC(CC(=O)N1CC2C(NC(=O)c3ccc(F)cc3)=NNC2C1(C)C)c1ccccc1. The molecule has 34 heavy (non-hydrogen) atoms. The third-order valence-electron chi connectivity index (χ3n) is 6.84. The van der Waals surface area contributed by atoms with Crippen LogP contribution in [0.4, 0.5) is 4.39 Å². The number of amidine groups is 1. The van der Waals surface area contributed by atoms with Gasteiger partial charge in [-0.2, -0.15) is 5.10 Å². The Morgan fingerprint density at radius 3 is 2.50 bits per heavy atom. The number of rotatable bonds is 6. The minimum absolute atomic E-state index is 0.0826. The normalized spacial score (nSPS) is 21.6. The van der Waals surface area contributed by atoms with Gasteiger partial charge in [-0.3, -0.25) is 9.59 Å². The van der Waals surface area contributed by atoms with Crippen LogP contribution >= 0.6 is 0 Å². The molecule has 2 aliphatic rings. The van der Waals surface area contributed by atoms with E-state index in [0.717, 1.165) is 12.1 Å². The summed E-state index contributed by atoms with van der Waals surface area (Å²) in [5.41, 5.74) is 4.16. The second-order valence-electron chi connectivity index (χ2n) is 9.90. The molecule has 8 heteroatoms. The minimum Gasteiger partial charge on any atom is -0.335 e. The fourth-order valence-corrected chi connectivity index (χ4v) is 5.02. The third-order valence-corrected chi connectivity index (χ3v) is 6.84. The van der Waals surface area contributed by atoms with Crippen molar-refractivity contribution in [3.63, 3.8) is 0 Å². The standard InChI is InChI=1S/C26H32FN5O2/c1-26(2)23-21(24(30-29-23)28-25(34)18-10-12-20(27)13-11-18)16-32(26)22(33)14-19(15-31(3)4)17-8-6-5-7-9-17/h5-13,19,21,23,29H,14-16H2,1-4H3,(H,28,30,34). The van der Waals surface area contributed by atoms with E-state index in [1.165, 1.54) is 24.3 Å². The lowest BCUT2D eigenvalue weighted by Crippen LogP contribution is -2.52. The minimum atomic E-state index is -0.479. The van der Waals surface area contributed by atoms with Crippen LogP contribution in [0.15, 0.2) is 59.7 Å². The highest BCUT2D eigenvalue weighted by Gasteiger charge is 2.54. The number of halogens is 1. The lowest BCUT2D eigenvalue weighted by Gasteiger charge is -2.36. The first-order chi connectivity index (χ1) is 16.2. The predicted octanol–water partition coefficient (Wildman–Crippen LogP) is 2.81. The van der Waals surface area contributed by atoms with Gasteiger partial charge in [-0.05, 0) is 57.8 Å². The number of fused-ring (bicyclic) bond motifs is 1. The maximum Gasteiger partial charge on any atom is 0.256 e. The molecule has 0 bridgehead atoms. The Hall–Kier alpha value is -3.26. The summed E-state index contributed by atoms with van der Waals surface area (Å²) in [4.78, 5) is 30.2. The van der Waals surface area contributed by atoms with Crippen molar-refractivity contribution in [3.05, 3.63) is 71.5 Å². The first-order valence-electron chi connectivity index (χ1n) is 11.6. The molecule has 2 heterocycles. The largest absolute Gasteiger partial charge is 0.335 e. The van der Waals surface area contributed by atoms with Crippen LogP contribution in [0.5, 0.6) is 0 Å². The van der Waals surface area contributed by atoms with E-state index in [9.17, 15) is 14.0 Å². The zero-order chi connectivity index (χ0) is 24.5. The summed E-state index contributed by atoms with van der Waals surface area (Å²) >= 11 is 0. The number of amides is 2. The molecule has 1 saturated heterocycles. The number of carbonyl (C=O) groups is 2. The number of hydrogen-bond acceptors (Lipinski definition) is 5. The van der Waals surface area contributed by atoms with E-state index in [0.29, 0.717) is 24.4 Å². The second kappa shape index (κ2) is 9.54. The van der Waals surface area contributed by atoms with Gasteiger partial charge in [0.2, 0.25) is 5.91 Å². The Labute approximate surface area is 200 Å². The number of likely N-dealkylation sites (N-methyl/N-ethyl adjacent to an activating group) is 1. The summed E-state index contributed by atoms with van der Waals surface area (Å²) in [6, 6.07) is 15.4. The molecular formula is C26H32FN5O2. The van der Waals surface area contributed by atoms with Gasteiger partial charge in [-0.15, -0.1) is 0 Å². The molecule has 0 aromatic heterocycles. The van der Waals surface area contributed by atoms with Crippen molar-refractivity contribution in [2.45, 2.75) is 37.8 Å². The van der Waals surface area contributed by atoms with Gasteiger partial charge in [0.25, 0.3) is 5.91 Å². The first-order valence-corrected chi connectivity index (χ1v) is 11.6. The van der Waals surface area contributed by atoms with E-state index < -0.39 is 11.4 Å². The van der Waals surface area contributed by atoms with Crippen molar-refractivity contribution in [2.24, 2.45) is 11.0 Å². The number of nitrogens with zero attached hydrogens (tertiary/aromatic N) is 3. The van der Waals surface area contributed by atoms with Crippen molar-refractivity contribution < 1.29 is 14.0 Å². The summed E-state index contributed by atoms with van der Waals surface area (Å²) in [5.74, 6) is -0.200. The van der Waals surface area contributed by atoms with Gasteiger partial charge in [0, 0.05) is 31.0 Å². The van der Waals surface area contributed by atoms with Crippen molar-refractivity contribution in [3.8, 4) is 0 Å². The van der Waals surface area contributed by atoms with Crippen LogP contribution in [-0.4, -0.2) is 66.2 Å². The molecule has 0 spiro atoms. The van der Waals surface area contributed by atoms with Crippen molar-refractivity contribution in [2.75, 3.05) is 27.2 Å². The van der Waals surface area contributed by atoms with Crippen LogP contribution in [0.2, 0.25) is 0 Å². The molecule has 180 valence electrons. The van der Waals surface area contributed by atoms with E-state index in [1.54, 1.807) is 0 Å². The quantitative estimate of drug-likeness (QED) is 0.688. The smallest absolute Gasteiger partial charge is 0.256 e. The zero-order valence-corrected chi connectivity index (χ0v) is 20.1. The van der Waals surface area contributed by atoms with Gasteiger partial charge >= 0.3 is 0 Å². The summed E-state index contributed by atoms with van der Waals surface area (Å²) in [5, 5.41) is 7.21. The van der Waals surface area contributed by atoms with Crippen molar-refractivity contribution in [1.82, 2.24) is 20.5 Å². The summed E-state index contributed by atoms with van der Waals surface area (Å²) in [6.45, 7) is 5.31. The second-order valence-corrected chi connectivity index (χ2v) is 9.90. The molecule has 2 aliphatic heterocycles. The summed E-state index contributed by atoms with van der Waals surface area (Å²) in [6.07, 6.45) is 0.402. The Kier molecular flexibility index (Phi) is 6.70. The molecule has 4 rings (SSSR count). The van der Waals surface area contributed by atoms with Crippen LogP contribution in [-0.2, 0) is 4.79 Å². The van der Waals surface area contributed by atoms with Gasteiger partial charge in [0.15, 0.2) is 0 Å². The number of carbonyl (C=O) groups excluding carboxylic acids is 2. The Bertz CT molecular complexity index is 1070. The molecule has 1 fully saturated rings. The number of benzene rings is 2. The van der Waals surface area contributed by atoms with E-state index in [4.69, 9.17) is 0 Å². The van der Waals surface area contributed by atoms with Crippen molar-refractivity contribution in [1.29, 1.82) is 0 Å². The number of nitrogens with one attached hydrogen (secondary N) is 2. The molecule has 2 N–H and O–H groups in total. The molecule has 3 unspecified atom stereocenters. The van der Waals surface area contributed by atoms with Crippen LogP contribution in [0.25, 0.3) is 0 Å². The van der Waals surface area contributed by atoms with Crippen LogP contribution < -0.4 is 10.7 Å². The summed E-state index contributed by atoms with van der Waals surface area (Å²) in [7, 11) is 4.03. The molecule has 0 saturated carbocycles. The Morgan fingerprint density at radius 2 is 1.85 bits per heavy atom. The van der Waals surface area contributed by atoms with E-state index in [1.807, 2.05) is 51.0 Å². The molecule has 0 aliphatic carbocycles. The average molecular weight is 466 g/mol. The summed E-state index contributed by atoms with van der Waals surface area (Å²) < 4.78 is 13.2. The van der Waals surface area contributed by atoms with E-state index >= 15 is 0 Å². The van der Waals surface area contributed by atoms with Crippen LogP contribution in [0.1, 0.15) is 42.1 Å². The van der Waals surface area contributed by atoms with Gasteiger partial charge < -0.3 is 20.5 Å². The molecule has 2 amide bonds. The van der Waals surface area contributed by atoms with Gasteiger partial charge in [-0.1, -0.05) is 30.3 Å². The van der Waals surface area contributed by atoms with Gasteiger partial charge in [0.05, 0.1) is 17.5 Å². The topological polar surface area (TPSA) is 77.0 Å². The lowest BCUT2D eigenvalue weighted by molar-refractivity contribution is -0.135. The van der Waals surface area contributed by atoms with E-state index in [-0.39, 0.29) is 29.7 Å². The molecule has 2 aromatic carbocycles. The number of likely N-dealkylation sites (tertiary alicyclic amines) is 1. The highest BCUT2D eigenvalue weighted by atomic mass is 19.1. The number of hydrogen-bond donors (Lipinski definition) is 2. The fraction of sp³-hybridized carbons (Fsp3) is 0.423. The number of hydrazone groups is 1.